The number of carbonyl (C=O) groups is 1. The second-order valence-corrected chi connectivity index (χ2v) is 6.55. The van der Waals surface area contributed by atoms with E-state index in [1.54, 1.807) is 20.8 Å². The second kappa shape index (κ2) is 3.77. The van der Waals surface area contributed by atoms with Crippen LogP contribution >= 0.6 is 0 Å². The molecule has 1 aromatic rings. The highest BCUT2D eigenvalue weighted by atomic mass is 16.3. The van der Waals surface area contributed by atoms with Crippen LogP contribution in [0.5, 0.6) is 0 Å². The van der Waals surface area contributed by atoms with Gasteiger partial charge in [-0.1, -0.05) is 13.8 Å². The number of fused-ring (bicyclic) bond motifs is 3. The zero-order valence-electron chi connectivity index (χ0n) is 11.8. The second-order valence-electron chi connectivity index (χ2n) is 6.55. The Morgan fingerprint density at radius 2 is 2.00 bits per heavy atom. The lowest BCUT2D eigenvalue weighted by Gasteiger charge is -2.48. The number of nitrogens with zero attached hydrogens (tertiary/aromatic N) is 2. The van der Waals surface area contributed by atoms with Gasteiger partial charge in [-0.15, -0.1) is 0 Å². The molecule has 108 valence electrons. The Labute approximate surface area is 117 Å². The largest absolute Gasteiger partial charge is 0.393 e. The Kier molecular flexibility index (Phi) is 2.53. The summed E-state index contributed by atoms with van der Waals surface area (Å²) in [7, 11) is 0. The number of ketones is 1. The van der Waals surface area contributed by atoms with Crippen LogP contribution in [0.3, 0.4) is 0 Å². The first-order chi connectivity index (χ1) is 9.18. The summed E-state index contributed by atoms with van der Waals surface area (Å²) in [6.45, 7) is 5.30. The maximum absolute atomic E-state index is 12.8. The summed E-state index contributed by atoms with van der Waals surface area (Å²) >= 11 is 0. The van der Waals surface area contributed by atoms with Crippen LogP contribution in [0.2, 0.25) is 0 Å². The first kappa shape index (κ1) is 13.5. The fourth-order valence-corrected chi connectivity index (χ4v) is 3.86. The van der Waals surface area contributed by atoms with Crippen LogP contribution < -0.4 is 5.73 Å². The van der Waals surface area contributed by atoms with Crippen LogP contribution in [0.15, 0.2) is 0 Å². The van der Waals surface area contributed by atoms with E-state index in [-0.39, 0.29) is 11.7 Å². The highest BCUT2D eigenvalue weighted by Crippen LogP contribution is 2.57. The number of nitrogen functional groups attached to an aromatic ring is 1. The molecule has 0 bridgehead atoms. The quantitative estimate of drug-likeness (QED) is 0.639. The molecule has 6 heteroatoms. The SMILES string of the molecule is Cc1nc(N)nc2c1C(=O)C1(O)C2CC(O)CC1(C)C. The van der Waals surface area contributed by atoms with Crippen molar-refractivity contribution < 1.29 is 15.0 Å². The molecule has 0 spiro atoms. The van der Waals surface area contributed by atoms with Crippen LogP contribution in [-0.4, -0.2) is 37.7 Å². The monoisotopic (exact) mass is 277 g/mol. The number of hydrogen-bond donors (Lipinski definition) is 3. The number of anilines is 1. The molecule has 3 atom stereocenters. The molecule has 2 aliphatic carbocycles. The van der Waals surface area contributed by atoms with Gasteiger partial charge in [-0.25, -0.2) is 9.97 Å². The molecule has 0 aromatic carbocycles. The molecule has 1 aromatic heterocycles. The Morgan fingerprint density at radius 3 is 2.65 bits per heavy atom. The Morgan fingerprint density at radius 1 is 1.35 bits per heavy atom. The Balaban J connectivity index is 2.27. The number of Topliss-reactive ketones (excluding diaryl/α,β-unsaturated/α-hetero) is 1. The van der Waals surface area contributed by atoms with Gasteiger partial charge >= 0.3 is 0 Å². The highest BCUT2D eigenvalue weighted by molar-refractivity contribution is 6.09. The molecule has 0 amide bonds. The fraction of sp³-hybridized carbons (Fsp3) is 0.643. The maximum atomic E-state index is 12.8. The predicted octanol–water partition coefficient (Wildman–Crippen LogP) is 0.559. The summed E-state index contributed by atoms with van der Waals surface area (Å²) in [6.07, 6.45) is 0.126. The fourth-order valence-electron chi connectivity index (χ4n) is 3.86. The number of aliphatic hydroxyl groups excluding tert-OH is 1. The minimum atomic E-state index is -1.54. The summed E-state index contributed by atoms with van der Waals surface area (Å²) in [5.74, 6) is -0.768. The minimum Gasteiger partial charge on any atom is -0.393 e. The molecule has 2 aliphatic rings. The summed E-state index contributed by atoms with van der Waals surface area (Å²) in [6, 6.07) is 0. The molecule has 3 rings (SSSR count). The third-order valence-corrected chi connectivity index (χ3v) is 4.83. The van der Waals surface area contributed by atoms with E-state index in [1.165, 1.54) is 0 Å². The van der Waals surface area contributed by atoms with Crippen molar-refractivity contribution in [2.45, 2.75) is 51.2 Å². The lowest BCUT2D eigenvalue weighted by atomic mass is 9.60. The van der Waals surface area contributed by atoms with Crippen molar-refractivity contribution in [3.05, 3.63) is 17.0 Å². The Hall–Kier alpha value is -1.53. The van der Waals surface area contributed by atoms with Crippen molar-refractivity contribution in [3.8, 4) is 0 Å². The zero-order chi connectivity index (χ0) is 14.9. The third-order valence-electron chi connectivity index (χ3n) is 4.83. The van der Waals surface area contributed by atoms with Crippen LogP contribution in [0.25, 0.3) is 0 Å². The van der Waals surface area contributed by atoms with Crippen LogP contribution in [-0.2, 0) is 0 Å². The van der Waals surface area contributed by atoms with Crippen LogP contribution in [0.1, 0.15) is 54.4 Å². The first-order valence-corrected chi connectivity index (χ1v) is 6.77. The smallest absolute Gasteiger partial charge is 0.220 e. The average Bonchev–Trinajstić information content (AvgIpc) is 2.51. The number of hydrogen-bond acceptors (Lipinski definition) is 6. The maximum Gasteiger partial charge on any atom is 0.220 e. The van der Waals surface area contributed by atoms with Gasteiger partial charge in [0.05, 0.1) is 23.1 Å². The third kappa shape index (κ3) is 1.43. The number of rotatable bonds is 0. The van der Waals surface area contributed by atoms with E-state index < -0.39 is 23.0 Å². The van der Waals surface area contributed by atoms with Gasteiger partial charge in [0.25, 0.3) is 0 Å². The van der Waals surface area contributed by atoms with Crippen molar-refractivity contribution in [3.63, 3.8) is 0 Å². The lowest BCUT2D eigenvalue weighted by Crippen LogP contribution is -2.57. The van der Waals surface area contributed by atoms with Crippen LogP contribution in [0, 0.1) is 12.3 Å². The van der Waals surface area contributed by atoms with Crippen molar-refractivity contribution in [1.82, 2.24) is 9.97 Å². The average molecular weight is 277 g/mol. The van der Waals surface area contributed by atoms with Crippen molar-refractivity contribution >= 4 is 11.7 Å². The van der Waals surface area contributed by atoms with Crippen LogP contribution in [0.4, 0.5) is 5.95 Å². The van der Waals surface area contributed by atoms with E-state index in [0.717, 1.165) is 0 Å². The van der Waals surface area contributed by atoms with E-state index in [1.807, 2.05) is 0 Å². The summed E-state index contributed by atoms with van der Waals surface area (Å²) < 4.78 is 0. The highest BCUT2D eigenvalue weighted by Gasteiger charge is 2.64. The standard InChI is InChI=1S/C14H19N3O3/c1-6-9-10(17-12(15)16-6)8-4-7(18)5-13(2,3)14(8,20)11(9)19/h7-8,18,20H,4-5H2,1-3H3,(H2,15,16,17). The summed E-state index contributed by atoms with van der Waals surface area (Å²) in [4.78, 5) is 20.9. The Bertz CT molecular complexity index is 614. The van der Waals surface area contributed by atoms with Crippen molar-refractivity contribution in [1.29, 1.82) is 0 Å². The van der Waals surface area contributed by atoms with Crippen molar-refractivity contribution in [2.24, 2.45) is 5.41 Å². The van der Waals surface area contributed by atoms with Gasteiger partial charge in [-0.2, -0.15) is 0 Å². The molecule has 6 nitrogen and oxygen atoms in total. The summed E-state index contributed by atoms with van der Waals surface area (Å²) in [5.41, 5.74) is 4.74. The molecule has 1 saturated carbocycles. The predicted molar refractivity (Wildman–Crippen MR) is 72.2 cm³/mol. The van der Waals surface area contributed by atoms with Gasteiger partial charge in [0.2, 0.25) is 5.95 Å². The molecular weight excluding hydrogens is 258 g/mol. The molecular formula is C14H19N3O3. The number of aliphatic hydroxyl groups is 2. The van der Waals surface area contributed by atoms with Gasteiger partial charge in [0.15, 0.2) is 5.78 Å². The van der Waals surface area contributed by atoms with E-state index in [0.29, 0.717) is 29.8 Å². The zero-order valence-corrected chi connectivity index (χ0v) is 11.8. The number of aromatic nitrogens is 2. The molecule has 0 aliphatic heterocycles. The van der Waals surface area contributed by atoms with E-state index >= 15 is 0 Å². The van der Waals surface area contributed by atoms with E-state index in [4.69, 9.17) is 5.73 Å². The van der Waals surface area contributed by atoms with E-state index in [9.17, 15) is 15.0 Å². The molecule has 0 saturated heterocycles. The normalized spacial score (nSPS) is 34.8. The number of carbonyl (C=O) groups excluding carboxylic acids is 1. The molecule has 20 heavy (non-hydrogen) atoms. The molecule has 1 fully saturated rings. The summed E-state index contributed by atoms with van der Waals surface area (Å²) in [5, 5.41) is 21.2. The number of aryl methyl sites for hydroxylation is 1. The molecule has 0 radical (unpaired) electrons. The minimum absolute atomic E-state index is 0.0937. The van der Waals surface area contributed by atoms with Gasteiger partial charge in [-0.05, 0) is 19.8 Å². The number of nitrogens with two attached hydrogens (primary N) is 1. The van der Waals surface area contributed by atoms with Gasteiger partial charge < -0.3 is 15.9 Å². The molecule has 3 unspecified atom stereocenters. The van der Waals surface area contributed by atoms with Gasteiger partial charge in [0, 0.05) is 11.3 Å². The topological polar surface area (TPSA) is 109 Å². The van der Waals surface area contributed by atoms with Gasteiger partial charge in [-0.3, -0.25) is 4.79 Å². The molecule has 4 N–H and O–H groups in total. The lowest BCUT2D eigenvalue weighted by molar-refractivity contribution is -0.107. The molecule has 1 heterocycles. The van der Waals surface area contributed by atoms with Gasteiger partial charge in [0.1, 0.15) is 5.60 Å². The first-order valence-electron chi connectivity index (χ1n) is 6.77. The van der Waals surface area contributed by atoms with Crippen molar-refractivity contribution in [2.75, 3.05) is 5.73 Å². The van der Waals surface area contributed by atoms with E-state index in [2.05, 4.69) is 9.97 Å².